The normalized spacial score (nSPS) is 10.7. The van der Waals surface area contributed by atoms with Crippen LogP contribution in [0.25, 0.3) is 10.2 Å². The third kappa shape index (κ3) is 2.66. The first-order valence-corrected chi connectivity index (χ1v) is 7.16. The Morgan fingerprint density at radius 3 is 2.70 bits per heavy atom. The van der Waals surface area contributed by atoms with Gasteiger partial charge < -0.3 is 4.74 Å². The fraction of sp³-hybridized carbons (Fsp3) is 0.0667. The molecule has 3 aromatic rings. The molecular weight excluding hydrogens is 294 g/mol. The van der Waals surface area contributed by atoms with E-state index in [4.69, 9.17) is 16.3 Å². The Labute approximate surface area is 124 Å². The average Bonchev–Trinajstić information content (AvgIpc) is 2.80. The molecule has 5 heteroatoms. The van der Waals surface area contributed by atoms with Crippen molar-refractivity contribution in [1.82, 2.24) is 4.98 Å². The zero-order chi connectivity index (χ0) is 14.1. The van der Waals surface area contributed by atoms with E-state index in [-0.39, 0.29) is 5.97 Å². The van der Waals surface area contributed by atoms with Crippen molar-refractivity contribution in [3.8, 4) is 5.75 Å². The predicted octanol–water partition coefficient (Wildman–Crippen LogP) is 4.48. The van der Waals surface area contributed by atoms with Gasteiger partial charge in [0.25, 0.3) is 0 Å². The molecule has 3 nitrogen and oxygen atoms in total. The second kappa shape index (κ2) is 5.23. The molecule has 100 valence electrons. The smallest absolute Gasteiger partial charge is 0.343 e. The summed E-state index contributed by atoms with van der Waals surface area (Å²) in [6.07, 6.45) is 0. The van der Waals surface area contributed by atoms with Gasteiger partial charge >= 0.3 is 5.97 Å². The van der Waals surface area contributed by atoms with Crippen molar-refractivity contribution in [2.45, 2.75) is 6.92 Å². The van der Waals surface area contributed by atoms with Crippen LogP contribution in [-0.4, -0.2) is 11.0 Å². The van der Waals surface area contributed by atoms with Gasteiger partial charge in [-0.3, -0.25) is 0 Å². The number of aromatic nitrogens is 1. The molecule has 0 atom stereocenters. The Hall–Kier alpha value is -1.91. The van der Waals surface area contributed by atoms with Crippen molar-refractivity contribution in [3.63, 3.8) is 0 Å². The molecule has 0 unspecified atom stereocenters. The number of ether oxygens (including phenoxy) is 1. The van der Waals surface area contributed by atoms with E-state index in [2.05, 4.69) is 4.98 Å². The fourth-order valence-electron chi connectivity index (χ4n) is 1.84. The largest absolute Gasteiger partial charge is 0.423 e. The molecule has 1 aromatic heterocycles. The van der Waals surface area contributed by atoms with Crippen LogP contribution >= 0.6 is 22.9 Å². The van der Waals surface area contributed by atoms with E-state index in [0.717, 1.165) is 15.2 Å². The van der Waals surface area contributed by atoms with E-state index in [9.17, 15) is 4.79 Å². The van der Waals surface area contributed by atoms with Gasteiger partial charge in [0.15, 0.2) is 0 Å². The first-order valence-electron chi connectivity index (χ1n) is 5.97. The summed E-state index contributed by atoms with van der Waals surface area (Å²) in [5.74, 6) is 0.0836. The molecule has 0 amide bonds. The topological polar surface area (TPSA) is 39.2 Å². The zero-order valence-electron chi connectivity index (χ0n) is 10.6. The van der Waals surface area contributed by atoms with Crippen LogP contribution < -0.4 is 4.74 Å². The number of carbonyl (C=O) groups excluding carboxylic acids is 1. The Morgan fingerprint density at radius 1 is 1.20 bits per heavy atom. The molecular formula is C15H10ClNO2S. The van der Waals surface area contributed by atoms with Gasteiger partial charge in [-0.25, -0.2) is 9.78 Å². The highest BCUT2D eigenvalue weighted by atomic mass is 35.5. The first kappa shape index (κ1) is 13.1. The van der Waals surface area contributed by atoms with E-state index in [1.807, 2.05) is 13.0 Å². The minimum absolute atomic E-state index is 0.389. The Morgan fingerprint density at radius 2 is 1.95 bits per heavy atom. The molecule has 0 aliphatic rings. The van der Waals surface area contributed by atoms with Crippen molar-refractivity contribution in [2.24, 2.45) is 0 Å². The lowest BCUT2D eigenvalue weighted by Crippen LogP contribution is -2.08. The summed E-state index contributed by atoms with van der Waals surface area (Å²) in [5, 5.41) is 1.58. The Bertz CT molecular complexity index is 780. The second-order valence-corrected chi connectivity index (χ2v) is 5.93. The van der Waals surface area contributed by atoms with Crippen LogP contribution in [0.4, 0.5) is 0 Å². The van der Waals surface area contributed by atoms with Gasteiger partial charge in [-0.15, -0.1) is 11.3 Å². The van der Waals surface area contributed by atoms with Gasteiger partial charge in [-0.2, -0.15) is 0 Å². The Kier molecular flexibility index (Phi) is 3.42. The molecule has 0 saturated carbocycles. The fourth-order valence-corrected chi connectivity index (χ4v) is 2.83. The molecule has 0 bridgehead atoms. The number of hydrogen-bond acceptors (Lipinski definition) is 4. The minimum Gasteiger partial charge on any atom is -0.423 e. The standard InChI is InChI=1S/C15H10ClNO2S/c1-9-17-13-7-2-10(8-14(13)20-9)15(18)19-12-5-3-11(16)4-6-12/h2-8H,1H3. The molecule has 0 N–H and O–H groups in total. The van der Waals surface area contributed by atoms with Crippen LogP contribution in [0.1, 0.15) is 15.4 Å². The molecule has 0 spiro atoms. The molecule has 0 aliphatic heterocycles. The van der Waals surface area contributed by atoms with Crippen molar-refractivity contribution >= 4 is 39.1 Å². The molecule has 2 aromatic carbocycles. The van der Waals surface area contributed by atoms with Crippen LogP contribution in [0, 0.1) is 6.92 Å². The van der Waals surface area contributed by atoms with E-state index in [1.54, 1.807) is 47.7 Å². The number of esters is 1. The zero-order valence-corrected chi connectivity index (χ0v) is 12.2. The monoisotopic (exact) mass is 303 g/mol. The van der Waals surface area contributed by atoms with Gasteiger partial charge in [-0.05, 0) is 49.4 Å². The van der Waals surface area contributed by atoms with Gasteiger partial charge in [0.1, 0.15) is 5.75 Å². The number of rotatable bonds is 2. The SMILES string of the molecule is Cc1nc2ccc(C(=O)Oc3ccc(Cl)cc3)cc2s1. The molecule has 20 heavy (non-hydrogen) atoms. The maximum Gasteiger partial charge on any atom is 0.343 e. The molecule has 0 saturated heterocycles. The number of benzene rings is 2. The van der Waals surface area contributed by atoms with Crippen LogP contribution in [0.15, 0.2) is 42.5 Å². The third-order valence-electron chi connectivity index (χ3n) is 2.76. The van der Waals surface area contributed by atoms with Crippen LogP contribution in [0.3, 0.4) is 0 Å². The molecule has 0 fully saturated rings. The van der Waals surface area contributed by atoms with Crippen molar-refractivity contribution < 1.29 is 9.53 Å². The summed E-state index contributed by atoms with van der Waals surface area (Å²) in [6, 6.07) is 12.0. The van der Waals surface area contributed by atoms with Crippen molar-refractivity contribution in [3.05, 3.63) is 58.1 Å². The number of aryl methyl sites for hydroxylation is 1. The summed E-state index contributed by atoms with van der Waals surface area (Å²) >= 11 is 7.34. The lowest BCUT2D eigenvalue weighted by molar-refractivity contribution is 0.0735. The third-order valence-corrected chi connectivity index (χ3v) is 3.94. The minimum atomic E-state index is -0.389. The number of thiazole rings is 1. The lowest BCUT2D eigenvalue weighted by Gasteiger charge is -2.04. The van der Waals surface area contributed by atoms with Gasteiger partial charge in [0, 0.05) is 5.02 Å². The molecule has 3 rings (SSSR count). The molecule has 1 heterocycles. The van der Waals surface area contributed by atoms with E-state index >= 15 is 0 Å². The van der Waals surface area contributed by atoms with Crippen LogP contribution in [-0.2, 0) is 0 Å². The number of hydrogen-bond donors (Lipinski definition) is 0. The van der Waals surface area contributed by atoms with Crippen LogP contribution in [0.2, 0.25) is 5.02 Å². The van der Waals surface area contributed by atoms with Crippen molar-refractivity contribution in [1.29, 1.82) is 0 Å². The first-order chi connectivity index (χ1) is 9.61. The summed E-state index contributed by atoms with van der Waals surface area (Å²) in [7, 11) is 0. The molecule has 0 radical (unpaired) electrons. The van der Waals surface area contributed by atoms with Gasteiger partial charge in [-0.1, -0.05) is 11.6 Å². The number of halogens is 1. The van der Waals surface area contributed by atoms with E-state index < -0.39 is 0 Å². The number of fused-ring (bicyclic) bond motifs is 1. The summed E-state index contributed by atoms with van der Waals surface area (Å²) in [6.45, 7) is 1.94. The average molecular weight is 304 g/mol. The maximum atomic E-state index is 12.1. The Balaban J connectivity index is 1.86. The molecule has 0 aliphatic carbocycles. The lowest BCUT2D eigenvalue weighted by atomic mass is 10.2. The summed E-state index contributed by atoms with van der Waals surface area (Å²) in [4.78, 5) is 16.4. The number of nitrogens with zero attached hydrogens (tertiary/aromatic N) is 1. The van der Waals surface area contributed by atoms with E-state index in [0.29, 0.717) is 16.3 Å². The summed E-state index contributed by atoms with van der Waals surface area (Å²) in [5.41, 5.74) is 1.41. The van der Waals surface area contributed by atoms with Crippen LogP contribution in [0.5, 0.6) is 5.75 Å². The highest BCUT2D eigenvalue weighted by Gasteiger charge is 2.11. The number of carbonyl (C=O) groups is 1. The van der Waals surface area contributed by atoms with Gasteiger partial charge in [0.05, 0.1) is 20.8 Å². The van der Waals surface area contributed by atoms with Crippen molar-refractivity contribution in [2.75, 3.05) is 0 Å². The quantitative estimate of drug-likeness (QED) is 0.517. The second-order valence-electron chi connectivity index (χ2n) is 4.26. The maximum absolute atomic E-state index is 12.1. The van der Waals surface area contributed by atoms with Gasteiger partial charge in [0.2, 0.25) is 0 Å². The summed E-state index contributed by atoms with van der Waals surface area (Å²) < 4.78 is 6.28. The highest BCUT2D eigenvalue weighted by molar-refractivity contribution is 7.18. The van der Waals surface area contributed by atoms with E-state index in [1.165, 1.54) is 0 Å². The highest BCUT2D eigenvalue weighted by Crippen LogP contribution is 2.23. The predicted molar refractivity (Wildman–Crippen MR) is 80.8 cm³/mol.